The molecule has 0 saturated carbocycles. The molecule has 1 amide bonds. The topological polar surface area (TPSA) is 98.9 Å². The smallest absolute Gasteiger partial charge is 0.257 e. The first-order valence-electron chi connectivity index (χ1n) is 8.01. The van der Waals surface area contributed by atoms with E-state index in [4.69, 9.17) is 33.4 Å². The molecule has 0 spiro atoms. The number of benzene rings is 2. The second kappa shape index (κ2) is 7.79. The first-order chi connectivity index (χ1) is 13.5. The number of pyridine rings is 1. The molecule has 0 saturated heterocycles. The van der Waals surface area contributed by atoms with Gasteiger partial charge in [-0.1, -0.05) is 11.6 Å². The number of terminal acetylenes is 1. The molecule has 3 rings (SSSR count). The number of halogens is 1. The lowest BCUT2D eigenvalue weighted by atomic mass is 9.97. The highest BCUT2D eigenvalue weighted by Crippen LogP contribution is 2.39. The number of carbonyl (C=O) groups excluding carboxylic acids is 1. The first kappa shape index (κ1) is 18.9. The zero-order valence-electron chi connectivity index (χ0n) is 14.7. The normalized spacial score (nSPS) is 10.0. The third-order valence-corrected chi connectivity index (χ3v) is 4.35. The molecule has 0 aliphatic carbocycles. The molecule has 0 bridgehead atoms. The van der Waals surface area contributed by atoms with Crippen LogP contribution in [-0.2, 0) is 0 Å². The van der Waals surface area contributed by atoms with E-state index in [0.717, 1.165) is 0 Å². The number of amides is 1. The quantitative estimate of drug-likeness (QED) is 0.405. The lowest BCUT2D eigenvalue weighted by Gasteiger charge is -2.14. The average molecular weight is 389 g/mol. The first-order valence-corrected chi connectivity index (χ1v) is 8.39. The number of rotatable bonds is 3. The van der Waals surface area contributed by atoms with E-state index in [1.54, 1.807) is 36.4 Å². The number of hydrogen-bond acceptors (Lipinski definition) is 5. The molecule has 7 heteroatoms. The number of hydrogen-bond donors (Lipinski definition) is 2. The Kier molecular flexibility index (Phi) is 5.26. The Bertz CT molecular complexity index is 1210. The summed E-state index contributed by atoms with van der Waals surface area (Å²) in [5.74, 6) is 1.68. The fourth-order valence-corrected chi connectivity index (χ4v) is 3.02. The maximum Gasteiger partial charge on any atom is 0.257 e. The Hall–Kier alpha value is -3.87. The minimum absolute atomic E-state index is 0.297. The monoisotopic (exact) mass is 388 g/mol. The minimum atomic E-state index is -0.512. The summed E-state index contributed by atoms with van der Waals surface area (Å²) in [6.07, 6.45) is 6.63. The number of aromatic nitrogens is 1. The van der Waals surface area contributed by atoms with E-state index in [0.29, 0.717) is 43.9 Å². The number of nitrogens with one attached hydrogen (secondary N) is 2. The van der Waals surface area contributed by atoms with Crippen LogP contribution in [-0.4, -0.2) is 23.8 Å². The molecular formula is C21H13ClN4O2. The molecule has 1 aromatic heterocycles. The third-order valence-electron chi connectivity index (χ3n) is 4.07. The summed E-state index contributed by atoms with van der Waals surface area (Å²) in [7, 11) is 1.50. The second-order valence-corrected chi connectivity index (χ2v) is 6.12. The fraction of sp³-hybridized carbons (Fsp3) is 0.0476. The predicted molar refractivity (Wildman–Crippen MR) is 107 cm³/mol. The summed E-state index contributed by atoms with van der Waals surface area (Å²) in [4.78, 5) is 16.6. The van der Waals surface area contributed by atoms with E-state index in [1.165, 1.54) is 13.3 Å². The van der Waals surface area contributed by atoms with Gasteiger partial charge in [0.15, 0.2) is 5.84 Å². The van der Waals surface area contributed by atoms with Crippen LogP contribution in [0.4, 0.5) is 0 Å². The van der Waals surface area contributed by atoms with E-state index in [1.807, 2.05) is 0 Å². The van der Waals surface area contributed by atoms with E-state index in [9.17, 15) is 4.79 Å². The van der Waals surface area contributed by atoms with Crippen LogP contribution in [0.1, 0.15) is 15.9 Å². The molecule has 0 fully saturated rings. The molecule has 136 valence electrons. The van der Waals surface area contributed by atoms with Crippen molar-refractivity contribution in [2.75, 3.05) is 7.11 Å². The van der Waals surface area contributed by atoms with Gasteiger partial charge in [0.1, 0.15) is 5.75 Å². The molecule has 28 heavy (non-hydrogen) atoms. The number of carbonyl (C=O) groups is 1. The highest BCUT2D eigenvalue weighted by molar-refractivity contribution is 6.35. The van der Waals surface area contributed by atoms with Crippen molar-refractivity contribution in [3.05, 3.63) is 58.7 Å². The SMILES string of the molecule is C#CC(=N)NC(=O)c1ccc2ncc(Cl)c(-c3ccc(C#N)cc3OC)c2c1. The Balaban J connectivity index is 2.23. The molecule has 2 N–H and O–H groups in total. The maximum atomic E-state index is 12.3. The molecule has 1 heterocycles. The van der Waals surface area contributed by atoms with E-state index >= 15 is 0 Å². The van der Waals surface area contributed by atoms with Crippen LogP contribution in [0.15, 0.2) is 42.6 Å². The molecular weight excluding hydrogens is 376 g/mol. The van der Waals surface area contributed by atoms with Crippen molar-refractivity contribution in [2.45, 2.75) is 0 Å². The number of fused-ring (bicyclic) bond motifs is 1. The number of nitriles is 1. The molecule has 0 aliphatic heterocycles. The van der Waals surface area contributed by atoms with Gasteiger partial charge >= 0.3 is 0 Å². The largest absolute Gasteiger partial charge is 0.496 e. The van der Waals surface area contributed by atoms with Gasteiger partial charge in [-0.15, -0.1) is 6.42 Å². The van der Waals surface area contributed by atoms with Gasteiger partial charge in [-0.25, -0.2) is 0 Å². The van der Waals surface area contributed by atoms with Gasteiger partial charge in [0.2, 0.25) is 0 Å². The number of amidine groups is 1. The van der Waals surface area contributed by atoms with E-state index in [2.05, 4.69) is 22.3 Å². The van der Waals surface area contributed by atoms with Crippen LogP contribution >= 0.6 is 11.6 Å². The fourth-order valence-electron chi connectivity index (χ4n) is 2.77. The number of methoxy groups -OCH3 is 1. The van der Waals surface area contributed by atoms with Crippen LogP contribution in [0.5, 0.6) is 5.75 Å². The predicted octanol–water partition coefficient (Wildman–Crippen LogP) is 3.78. The standard InChI is InChI=1S/C21H13ClN4O2/c1-3-19(24)26-21(27)13-5-7-17-15(9-13)20(16(22)11-25-17)14-6-4-12(10-23)8-18(14)28-2/h1,4-9,11H,2H3,(H2,24,26,27). The van der Waals surface area contributed by atoms with E-state index in [-0.39, 0.29) is 5.84 Å². The molecule has 2 aromatic carbocycles. The Morgan fingerprint density at radius 1 is 1.32 bits per heavy atom. The van der Waals surface area contributed by atoms with Gasteiger partial charge in [0, 0.05) is 28.3 Å². The van der Waals surface area contributed by atoms with Gasteiger partial charge in [-0.3, -0.25) is 20.5 Å². The van der Waals surface area contributed by atoms with Gasteiger partial charge < -0.3 is 4.74 Å². The molecule has 0 atom stereocenters. The molecule has 3 aromatic rings. The van der Waals surface area contributed by atoms with Crippen LogP contribution < -0.4 is 10.1 Å². The maximum absolute atomic E-state index is 12.3. The highest BCUT2D eigenvalue weighted by Gasteiger charge is 2.17. The van der Waals surface area contributed by atoms with Crippen molar-refractivity contribution in [1.82, 2.24) is 10.3 Å². The molecule has 0 radical (unpaired) electrons. The summed E-state index contributed by atoms with van der Waals surface area (Å²) in [6.45, 7) is 0. The van der Waals surface area contributed by atoms with Crippen molar-refractivity contribution in [2.24, 2.45) is 0 Å². The third kappa shape index (κ3) is 3.50. The van der Waals surface area contributed by atoms with Crippen molar-refractivity contribution in [1.29, 1.82) is 10.7 Å². The second-order valence-electron chi connectivity index (χ2n) is 5.71. The lowest BCUT2D eigenvalue weighted by molar-refractivity contribution is 0.0977. The van der Waals surface area contributed by atoms with Crippen LogP contribution in [0.25, 0.3) is 22.0 Å². The van der Waals surface area contributed by atoms with Crippen LogP contribution in [0.3, 0.4) is 0 Å². The zero-order valence-corrected chi connectivity index (χ0v) is 15.5. The van der Waals surface area contributed by atoms with Crippen LogP contribution in [0.2, 0.25) is 5.02 Å². The number of ether oxygens (including phenoxy) is 1. The van der Waals surface area contributed by atoms with Crippen molar-refractivity contribution in [3.8, 4) is 35.3 Å². The summed E-state index contributed by atoms with van der Waals surface area (Å²) in [5, 5.41) is 19.9. The summed E-state index contributed by atoms with van der Waals surface area (Å²) < 4.78 is 5.43. The Morgan fingerprint density at radius 2 is 2.11 bits per heavy atom. The highest BCUT2D eigenvalue weighted by atomic mass is 35.5. The Labute approximate surface area is 166 Å². The summed E-state index contributed by atoms with van der Waals surface area (Å²) >= 11 is 6.43. The average Bonchev–Trinajstić information content (AvgIpc) is 2.72. The molecule has 0 unspecified atom stereocenters. The van der Waals surface area contributed by atoms with Crippen LogP contribution in [0, 0.1) is 29.1 Å². The Morgan fingerprint density at radius 3 is 2.79 bits per heavy atom. The minimum Gasteiger partial charge on any atom is -0.496 e. The van der Waals surface area contributed by atoms with E-state index < -0.39 is 5.91 Å². The van der Waals surface area contributed by atoms with Crippen molar-refractivity contribution in [3.63, 3.8) is 0 Å². The molecule has 6 nitrogen and oxygen atoms in total. The van der Waals surface area contributed by atoms with Crippen molar-refractivity contribution < 1.29 is 9.53 Å². The van der Waals surface area contributed by atoms with Gasteiger partial charge in [0.25, 0.3) is 5.91 Å². The van der Waals surface area contributed by atoms with Gasteiger partial charge in [0.05, 0.1) is 29.3 Å². The summed E-state index contributed by atoms with van der Waals surface area (Å²) in [5.41, 5.74) is 2.64. The lowest BCUT2D eigenvalue weighted by Crippen LogP contribution is -2.28. The van der Waals surface area contributed by atoms with Crippen molar-refractivity contribution >= 4 is 34.2 Å². The molecule has 0 aliphatic rings. The number of nitrogens with zero attached hydrogens (tertiary/aromatic N) is 2. The van der Waals surface area contributed by atoms with Gasteiger partial charge in [-0.05, 0) is 42.3 Å². The van der Waals surface area contributed by atoms with Gasteiger partial charge in [-0.2, -0.15) is 5.26 Å². The summed E-state index contributed by atoms with van der Waals surface area (Å²) in [6, 6.07) is 12.0. The zero-order chi connectivity index (χ0) is 20.3.